The van der Waals surface area contributed by atoms with Crippen molar-refractivity contribution in [1.82, 2.24) is 5.32 Å². The van der Waals surface area contributed by atoms with Crippen LogP contribution in [-0.4, -0.2) is 19.1 Å². The molecular weight excluding hydrogens is 362 g/mol. The molecule has 0 fully saturated rings. The van der Waals surface area contributed by atoms with Crippen molar-refractivity contribution in [2.75, 3.05) is 11.9 Å². The standard InChI is InChI=1S/C22H20F2N2O2/c23-22(24)28-19-13-11-17(12-14-19)21(16-7-3-1-4-8-16)25-15-20(27)26-18-9-5-2-6-10-18/h1-14,21-22,25H,15H2,(H,26,27)/t21-/m0/s1. The molecule has 0 aliphatic rings. The van der Waals surface area contributed by atoms with E-state index >= 15 is 0 Å². The fourth-order valence-corrected chi connectivity index (χ4v) is 2.84. The van der Waals surface area contributed by atoms with Crippen LogP contribution in [0.25, 0.3) is 0 Å². The second kappa shape index (κ2) is 9.62. The van der Waals surface area contributed by atoms with Crippen LogP contribution in [0.1, 0.15) is 17.2 Å². The number of carbonyl (C=O) groups is 1. The second-order valence-corrected chi connectivity index (χ2v) is 6.09. The number of alkyl halides is 2. The predicted octanol–water partition coefficient (Wildman–Crippen LogP) is 4.61. The Morgan fingerprint density at radius 1 is 0.821 bits per heavy atom. The van der Waals surface area contributed by atoms with Crippen molar-refractivity contribution < 1.29 is 18.3 Å². The van der Waals surface area contributed by atoms with Gasteiger partial charge in [-0.2, -0.15) is 8.78 Å². The van der Waals surface area contributed by atoms with E-state index in [1.54, 1.807) is 12.1 Å². The normalized spacial score (nSPS) is 11.8. The minimum Gasteiger partial charge on any atom is -0.435 e. The van der Waals surface area contributed by atoms with Crippen molar-refractivity contribution in [2.45, 2.75) is 12.7 Å². The number of benzene rings is 3. The van der Waals surface area contributed by atoms with Crippen LogP contribution in [0, 0.1) is 0 Å². The zero-order valence-electron chi connectivity index (χ0n) is 15.0. The van der Waals surface area contributed by atoms with Crippen LogP contribution in [0.4, 0.5) is 14.5 Å². The first-order valence-electron chi connectivity index (χ1n) is 8.80. The van der Waals surface area contributed by atoms with Crippen molar-refractivity contribution in [1.29, 1.82) is 0 Å². The number of para-hydroxylation sites is 1. The Bertz CT molecular complexity index is 872. The minimum atomic E-state index is -2.87. The molecule has 0 radical (unpaired) electrons. The number of nitrogens with one attached hydrogen (secondary N) is 2. The van der Waals surface area contributed by atoms with Crippen LogP contribution in [0.2, 0.25) is 0 Å². The molecule has 0 saturated heterocycles. The zero-order chi connectivity index (χ0) is 19.8. The number of amides is 1. The number of anilines is 1. The molecule has 144 valence electrons. The van der Waals surface area contributed by atoms with Crippen LogP contribution in [0.5, 0.6) is 5.75 Å². The maximum atomic E-state index is 12.4. The third-order valence-electron chi connectivity index (χ3n) is 4.10. The summed E-state index contributed by atoms with van der Waals surface area (Å²) in [5.41, 5.74) is 2.51. The molecule has 0 saturated carbocycles. The summed E-state index contributed by atoms with van der Waals surface area (Å²) >= 11 is 0. The summed E-state index contributed by atoms with van der Waals surface area (Å²) in [7, 11) is 0. The second-order valence-electron chi connectivity index (χ2n) is 6.09. The van der Waals surface area contributed by atoms with Gasteiger partial charge in [-0.25, -0.2) is 0 Å². The highest BCUT2D eigenvalue weighted by Gasteiger charge is 2.16. The fraction of sp³-hybridized carbons (Fsp3) is 0.136. The highest BCUT2D eigenvalue weighted by Crippen LogP contribution is 2.24. The molecule has 0 aliphatic carbocycles. The molecule has 2 N–H and O–H groups in total. The molecule has 0 aliphatic heterocycles. The molecule has 1 amide bonds. The van der Waals surface area contributed by atoms with E-state index in [2.05, 4.69) is 15.4 Å². The Kier molecular flexibility index (Phi) is 6.70. The summed E-state index contributed by atoms with van der Waals surface area (Å²) in [5.74, 6) is -0.0860. The summed E-state index contributed by atoms with van der Waals surface area (Å²) in [4.78, 5) is 12.3. The van der Waals surface area contributed by atoms with E-state index in [4.69, 9.17) is 0 Å². The van der Waals surface area contributed by atoms with Crippen LogP contribution in [0.15, 0.2) is 84.9 Å². The molecule has 3 aromatic rings. The Labute approximate surface area is 162 Å². The van der Waals surface area contributed by atoms with Gasteiger partial charge in [-0.15, -0.1) is 0 Å². The molecular formula is C22H20F2N2O2. The highest BCUT2D eigenvalue weighted by atomic mass is 19.3. The van der Waals surface area contributed by atoms with Crippen LogP contribution in [-0.2, 0) is 4.79 Å². The van der Waals surface area contributed by atoms with Gasteiger partial charge in [-0.05, 0) is 35.4 Å². The lowest BCUT2D eigenvalue weighted by Gasteiger charge is -2.20. The molecule has 28 heavy (non-hydrogen) atoms. The average molecular weight is 382 g/mol. The third-order valence-corrected chi connectivity index (χ3v) is 4.10. The minimum absolute atomic E-state index is 0.0870. The summed E-state index contributed by atoms with van der Waals surface area (Å²) in [6.07, 6.45) is 0. The molecule has 4 nitrogen and oxygen atoms in total. The lowest BCUT2D eigenvalue weighted by molar-refractivity contribution is -0.115. The smallest absolute Gasteiger partial charge is 0.387 e. The molecule has 0 heterocycles. The zero-order valence-corrected chi connectivity index (χ0v) is 15.0. The topological polar surface area (TPSA) is 50.4 Å². The number of hydrogen-bond donors (Lipinski definition) is 2. The van der Waals surface area contributed by atoms with Gasteiger partial charge in [0.2, 0.25) is 5.91 Å². The first kappa shape index (κ1) is 19.5. The lowest BCUT2D eigenvalue weighted by atomic mass is 9.98. The van der Waals surface area contributed by atoms with Gasteiger partial charge in [0, 0.05) is 5.69 Å². The van der Waals surface area contributed by atoms with Crippen LogP contribution in [0.3, 0.4) is 0 Å². The number of rotatable bonds is 8. The summed E-state index contributed by atoms with van der Waals surface area (Å²) in [6, 6.07) is 24.9. The van der Waals surface area contributed by atoms with E-state index in [1.165, 1.54) is 12.1 Å². The van der Waals surface area contributed by atoms with Crippen molar-refractivity contribution in [2.24, 2.45) is 0 Å². The number of hydrogen-bond acceptors (Lipinski definition) is 3. The molecule has 3 rings (SSSR count). The van der Waals surface area contributed by atoms with E-state index in [-0.39, 0.29) is 24.2 Å². The molecule has 0 spiro atoms. The number of ether oxygens (including phenoxy) is 1. The first-order valence-corrected chi connectivity index (χ1v) is 8.80. The van der Waals surface area contributed by atoms with E-state index < -0.39 is 6.61 Å². The monoisotopic (exact) mass is 382 g/mol. The van der Waals surface area contributed by atoms with E-state index in [9.17, 15) is 13.6 Å². The fourth-order valence-electron chi connectivity index (χ4n) is 2.84. The van der Waals surface area contributed by atoms with Crippen LogP contribution >= 0.6 is 0 Å². The molecule has 0 bridgehead atoms. The molecule has 0 unspecified atom stereocenters. The maximum absolute atomic E-state index is 12.4. The Hall–Kier alpha value is -3.25. The Balaban J connectivity index is 1.72. The average Bonchev–Trinajstić information content (AvgIpc) is 2.70. The molecule has 1 atom stereocenters. The molecule has 3 aromatic carbocycles. The lowest BCUT2D eigenvalue weighted by Crippen LogP contribution is -2.31. The summed E-state index contributed by atoms with van der Waals surface area (Å²) in [5, 5.41) is 6.06. The Morgan fingerprint density at radius 3 is 2.00 bits per heavy atom. The maximum Gasteiger partial charge on any atom is 0.387 e. The van der Waals surface area contributed by atoms with Crippen molar-refractivity contribution in [3.63, 3.8) is 0 Å². The summed E-state index contributed by atoms with van der Waals surface area (Å²) in [6.45, 7) is -2.78. The largest absolute Gasteiger partial charge is 0.435 e. The van der Waals surface area contributed by atoms with Gasteiger partial charge >= 0.3 is 6.61 Å². The van der Waals surface area contributed by atoms with Gasteiger partial charge in [0.05, 0.1) is 12.6 Å². The number of halogens is 2. The van der Waals surface area contributed by atoms with E-state index in [0.29, 0.717) is 0 Å². The van der Waals surface area contributed by atoms with Gasteiger partial charge in [-0.1, -0.05) is 60.7 Å². The quantitative estimate of drug-likeness (QED) is 0.598. The highest BCUT2D eigenvalue weighted by molar-refractivity contribution is 5.92. The SMILES string of the molecule is O=C(CN[C@@H](c1ccccc1)c1ccc(OC(F)F)cc1)Nc1ccccc1. The van der Waals surface area contributed by atoms with Crippen molar-refractivity contribution >= 4 is 11.6 Å². The van der Waals surface area contributed by atoms with Gasteiger partial charge < -0.3 is 10.1 Å². The van der Waals surface area contributed by atoms with Gasteiger partial charge in [-0.3, -0.25) is 10.1 Å². The van der Waals surface area contributed by atoms with Gasteiger partial charge in [0.15, 0.2) is 0 Å². The van der Waals surface area contributed by atoms with Crippen molar-refractivity contribution in [3.8, 4) is 5.75 Å². The van der Waals surface area contributed by atoms with Crippen molar-refractivity contribution in [3.05, 3.63) is 96.1 Å². The predicted molar refractivity (Wildman–Crippen MR) is 104 cm³/mol. The third kappa shape index (κ3) is 5.62. The first-order chi connectivity index (χ1) is 13.6. The summed E-state index contributed by atoms with van der Waals surface area (Å²) < 4.78 is 29.1. The molecule has 6 heteroatoms. The van der Waals surface area contributed by atoms with Gasteiger partial charge in [0.1, 0.15) is 5.75 Å². The number of carbonyl (C=O) groups excluding carboxylic acids is 1. The van der Waals surface area contributed by atoms with Gasteiger partial charge in [0.25, 0.3) is 0 Å². The van der Waals surface area contributed by atoms with Crippen LogP contribution < -0.4 is 15.4 Å². The van der Waals surface area contributed by atoms with E-state index in [1.807, 2.05) is 60.7 Å². The van der Waals surface area contributed by atoms with E-state index in [0.717, 1.165) is 16.8 Å². The Morgan fingerprint density at radius 2 is 1.39 bits per heavy atom. The molecule has 0 aromatic heterocycles.